The zero-order chi connectivity index (χ0) is 30.3. The summed E-state index contributed by atoms with van der Waals surface area (Å²) >= 11 is 0. The molecule has 0 unspecified atom stereocenters. The molecule has 0 aromatic heterocycles. The van der Waals surface area contributed by atoms with E-state index in [1.807, 2.05) is 0 Å². The Balaban J connectivity index is 1.79. The molecule has 0 saturated carbocycles. The molecular weight excluding hydrogens is 504 g/mol. The highest BCUT2D eigenvalue weighted by molar-refractivity contribution is 6.43. The van der Waals surface area contributed by atoms with Gasteiger partial charge in [0.25, 0.3) is 0 Å². The monoisotopic (exact) mass is 550 g/mol. The Labute approximate surface area is 251 Å². The van der Waals surface area contributed by atoms with Gasteiger partial charge >= 0.3 is 0 Å². The lowest BCUT2D eigenvalue weighted by Gasteiger charge is -2.23. The summed E-state index contributed by atoms with van der Waals surface area (Å²) in [4.78, 5) is 0. The largest absolute Gasteiger partial charge is 0.0561 e. The lowest BCUT2D eigenvalue weighted by atomic mass is 9.82. The van der Waals surface area contributed by atoms with Gasteiger partial charge in [0, 0.05) is 0 Å². The highest BCUT2D eigenvalue weighted by Crippen LogP contribution is 2.50. The van der Waals surface area contributed by atoms with E-state index >= 15 is 0 Å². The number of hydrogen-bond donors (Lipinski definition) is 0. The predicted molar refractivity (Wildman–Crippen MR) is 189 cm³/mol. The fraction of sp³-hybridized carbons (Fsp3) is 0.381. The Morgan fingerprint density at radius 1 is 0.286 bits per heavy atom. The first-order chi connectivity index (χ1) is 19.3. The van der Waals surface area contributed by atoms with Gasteiger partial charge in [0.2, 0.25) is 0 Å². The molecule has 0 heterocycles. The van der Waals surface area contributed by atoms with E-state index in [4.69, 9.17) is 0 Å². The summed E-state index contributed by atoms with van der Waals surface area (Å²) in [6.07, 6.45) is 0. The van der Waals surface area contributed by atoms with Crippen LogP contribution < -0.4 is 0 Å². The quantitative estimate of drug-likeness (QED) is 0.176. The van der Waals surface area contributed by atoms with Crippen LogP contribution >= 0.6 is 0 Å². The Hall–Kier alpha value is -3.38. The van der Waals surface area contributed by atoms with Gasteiger partial charge in [-0.05, 0) is 133 Å². The minimum absolute atomic E-state index is 0.0628. The zero-order valence-electron chi connectivity index (χ0n) is 27.8. The standard InChI is InChI=1S/C42H46/c1-39(2,3)25-15-23-17-27(41(7,8)9)21-33-35(23)31(19-25)29-13-14-30-32-20-26(40(4,5)6)16-24-18-28(42(10,11)12)22-34(36(24)32)38(30)37(29)33/h13-22H,1-12H3. The Morgan fingerprint density at radius 3 is 0.810 bits per heavy atom. The van der Waals surface area contributed by atoms with E-state index in [-0.39, 0.29) is 21.7 Å². The first-order valence-corrected chi connectivity index (χ1v) is 15.8. The van der Waals surface area contributed by atoms with Crippen LogP contribution in [0.5, 0.6) is 0 Å². The van der Waals surface area contributed by atoms with Crippen LogP contribution in [0.15, 0.2) is 60.7 Å². The van der Waals surface area contributed by atoms with Crippen LogP contribution in [-0.2, 0) is 21.7 Å². The van der Waals surface area contributed by atoms with Crippen molar-refractivity contribution in [3.05, 3.63) is 82.9 Å². The van der Waals surface area contributed by atoms with Gasteiger partial charge in [0.05, 0.1) is 0 Å². The molecule has 0 bridgehead atoms. The molecule has 0 N–H and O–H groups in total. The minimum atomic E-state index is 0.0628. The molecule has 0 radical (unpaired) electrons. The number of rotatable bonds is 0. The van der Waals surface area contributed by atoms with Crippen molar-refractivity contribution in [1.29, 1.82) is 0 Å². The van der Waals surface area contributed by atoms with E-state index in [0.717, 1.165) is 0 Å². The van der Waals surface area contributed by atoms with Gasteiger partial charge in [-0.15, -0.1) is 0 Å². The molecular formula is C42H46. The van der Waals surface area contributed by atoms with Crippen molar-refractivity contribution < 1.29 is 0 Å². The molecule has 214 valence electrons. The molecule has 7 aromatic rings. The lowest BCUT2D eigenvalue weighted by Crippen LogP contribution is -2.12. The summed E-state index contributed by atoms with van der Waals surface area (Å²) in [5, 5.41) is 16.9. The van der Waals surface area contributed by atoms with Crippen LogP contribution in [0, 0.1) is 0 Å². The van der Waals surface area contributed by atoms with E-state index in [1.54, 1.807) is 0 Å². The normalized spacial score (nSPS) is 14.2. The zero-order valence-corrected chi connectivity index (χ0v) is 27.8. The van der Waals surface area contributed by atoms with E-state index in [9.17, 15) is 0 Å². The topological polar surface area (TPSA) is 0 Å². The van der Waals surface area contributed by atoms with Crippen LogP contribution in [0.2, 0.25) is 0 Å². The second-order valence-electron chi connectivity index (χ2n) is 17.2. The van der Waals surface area contributed by atoms with Crippen molar-refractivity contribution in [3.8, 4) is 0 Å². The molecule has 0 aliphatic heterocycles. The highest BCUT2D eigenvalue weighted by atomic mass is 14.3. The van der Waals surface area contributed by atoms with Crippen LogP contribution in [0.3, 0.4) is 0 Å². The average molecular weight is 551 g/mol. The Kier molecular flexibility index (Phi) is 5.33. The second-order valence-corrected chi connectivity index (χ2v) is 17.2. The molecule has 7 rings (SSSR count). The van der Waals surface area contributed by atoms with Gasteiger partial charge in [-0.25, -0.2) is 0 Å². The van der Waals surface area contributed by atoms with Gasteiger partial charge in [-0.2, -0.15) is 0 Å². The summed E-state index contributed by atoms with van der Waals surface area (Å²) in [6, 6.07) is 24.7. The molecule has 0 atom stereocenters. The third-order valence-corrected chi connectivity index (χ3v) is 9.89. The first kappa shape index (κ1) is 27.5. The fourth-order valence-corrected chi connectivity index (χ4v) is 7.19. The van der Waals surface area contributed by atoms with Gasteiger partial charge in [0.1, 0.15) is 0 Å². The SMILES string of the molecule is CC(C)(C)c1cc2cc(C(C)(C)C)cc3c2c(c1)c1ccc2c4cc(C(C)(C)C)cc5cc(C(C)(C)C)cc(c54)c2c13. The molecule has 0 saturated heterocycles. The summed E-state index contributed by atoms with van der Waals surface area (Å²) in [6.45, 7) is 28.1. The van der Waals surface area contributed by atoms with Crippen LogP contribution in [0.4, 0.5) is 0 Å². The van der Waals surface area contributed by atoms with Crippen molar-refractivity contribution in [2.45, 2.75) is 105 Å². The fourth-order valence-electron chi connectivity index (χ4n) is 7.19. The van der Waals surface area contributed by atoms with Crippen molar-refractivity contribution in [3.63, 3.8) is 0 Å². The molecule has 42 heavy (non-hydrogen) atoms. The van der Waals surface area contributed by atoms with Gasteiger partial charge in [0.15, 0.2) is 0 Å². The van der Waals surface area contributed by atoms with E-state index < -0.39 is 0 Å². The molecule has 0 fully saturated rings. The molecule has 0 amide bonds. The maximum atomic E-state index is 2.52. The van der Waals surface area contributed by atoms with Gasteiger partial charge in [-0.3, -0.25) is 0 Å². The molecule has 0 nitrogen and oxygen atoms in total. The molecule has 0 aliphatic rings. The molecule has 7 aromatic carbocycles. The number of benzene rings is 5. The Morgan fingerprint density at radius 2 is 0.548 bits per heavy atom. The average Bonchev–Trinajstić information content (AvgIpc) is 3.36. The molecule has 0 spiro atoms. The summed E-state index contributed by atoms with van der Waals surface area (Å²) in [7, 11) is 0. The van der Waals surface area contributed by atoms with Crippen molar-refractivity contribution in [1.82, 2.24) is 0 Å². The predicted octanol–water partition coefficient (Wildman–Crippen LogP) is 12.7. The Bertz CT molecular complexity index is 2020. The van der Waals surface area contributed by atoms with Crippen molar-refractivity contribution in [2.24, 2.45) is 0 Å². The molecule has 0 heteroatoms. The summed E-state index contributed by atoms with van der Waals surface area (Å²) < 4.78 is 0. The first-order valence-electron chi connectivity index (χ1n) is 15.8. The summed E-state index contributed by atoms with van der Waals surface area (Å²) in [5.41, 5.74) is 5.92. The maximum absolute atomic E-state index is 2.52. The maximum Gasteiger partial charge on any atom is -0.00136 e. The van der Waals surface area contributed by atoms with Crippen LogP contribution in [0.25, 0.3) is 64.6 Å². The lowest BCUT2D eigenvalue weighted by molar-refractivity contribution is 0.589. The smallest absolute Gasteiger partial charge is 0.00136 e. The third-order valence-electron chi connectivity index (χ3n) is 9.89. The van der Waals surface area contributed by atoms with Crippen molar-refractivity contribution >= 4 is 64.6 Å². The van der Waals surface area contributed by atoms with E-state index in [2.05, 4.69) is 144 Å². The number of fused-ring (bicyclic) bond motifs is 7. The van der Waals surface area contributed by atoms with Gasteiger partial charge < -0.3 is 0 Å². The van der Waals surface area contributed by atoms with Crippen molar-refractivity contribution in [2.75, 3.05) is 0 Å². The van der Waals surface area contributed by atoms with E-state index in [1.165, 1.54) is 86.9 Å². The highest BCUT2D eigenvalue weighted by Gasteiger charge is 2.27. The minimum Gasteiger partial charge on any atom is -0.0561 e. The summed E-state index contributed by atoms with van der Waals surface area (Å²) in [5.74, 6) is 0. The molecule has 0 aliphatic carbocycles. The second kappa shape index (κ2) is 8.16. The van der Waals surface area contributed by atoms with E-state index in [0.29, 0.717) is 0 Å². The number of hydrogen-bond acceptors (Lipinski definition) is 0. The third kappa shape index (κ3) is 3.87. The van der Waals surface area contributed by atoms with Crippen LogP contribution in [-0.4, -0.2) is 0 Å². The van der Waals surface area contributed by atoms with Crippen LogP contribution in [0.1, 0.15) is 105 Å². The van der Waals surface area contributed by atoms with Gasteiger partial charge in [-0.1, -0.05) is 119 Å².